The zero-order valence-corrected chi connectivity index (χ0v) is 9.70. The monoisotopic (exact) mass is 234 g/mol. The molecule has 92 valence electrons. The van der Waals surface area contributed by atoms with E-state index in [0.29, 0.717) is 6.61 Å². The Morgan fingerprint density at radius 1 is 1.24 bits per heavy atom. The Morgan fingerprint density at radius 2 is 2.00 bits per heavy atom. The molecular weight excluding hydrogens is 216 g/mol. The van der Waals surface area contributed by atoms with Gasteiger partial charge in [0.1, 0.15) is 0 Å². The fourth-order valence-corrected chi connectivity index (χ4v) is 2.10. The third-order valence-corrected chi connectivity index (χ3v) is 3.09. The first kappa shape index (κ1) is 12.3. The minimum absolute atomic E-state index is 0.0151. The van der Waals surface area contributed by atoms with Gasteiger partial charge in [-0.1, -0.05) is 42.5 Å². The van der Waals surface area contributed by atoms with E-state index in [2.05, 4.69) is 0 Å². The van der Waals surface area contributed by atoms with Crippen LogP contribution in [0.4, 0.5) is 0 Å². The Morgan fingerprint density at radius 3 is 2.71 bits per heavy atom. The van der Waals surface area contributed by atoms with Crippen LogP contribution in [0, 0.1) is 5.92 Å². The van der Waals surface area contributed by atoms with Gasteiger partial charge in [-0.25, -0.2) is 0 Å². The van der Waals surface area contributed by atoms with Gasteiger partial charge >= 0.3 is 0 Å². The molecule has 0 spiro atoms. The lowest BCUT2D eigenvalue weighted by Crippen LogP contribution is -2.38. The van der Waals surface area contributed by atoms with Gasteiger partial charge < -0.3 is 14.9 Å². The Kier molecular flexibility index (Phi) is 4.31. The van der Waals surface area contributed by atoms with E-state index in [0.717, 1.165) is 12.0 Å². The molecule has 0 radical (unpaired) electrons. The summed E-state index contributed by atoms with van der Waals surface area (Å²) in [5.41, 5.74) is 1.07. The van der Waals surface area contributed by atoms with E-state index < -0.39 is 6.10 Å². The zero-order chi connectivity index (χ0) is 12.1. The number of hydrogen-bond donors (Lipinski definition) is 2. The van der Waals surface area contributed by atoms with E-state index in [1.54, 1.807) is 6.08 Å². The number of aliphatic hydroxyl groups excluding tert-OH is 2. The summed E-state index contributed by atoms with van der Waals surface area (Å²) in [5.74, 6) is -0.0151. The Labute approximate surface area is 101 Å². The van der Waals surface area contributed by atoms with Crippen molar-refractivity contribution >= 4 is 0 Å². The molecule has 3 nitrogen and oxygen atoms in total. The molecule has 3 heteroatoms. The Hall–Kier alpha value is -1.16. The molecular formula is C14H18O3. The van der Waals surface area contributed by atoms with Crippen molar-refractivity contribution in [1.82, 2.24) is 0 Å². The van der Waals surface area contributed by atoms with E-state index in [1.165, 1.54) is 0 Å². The van der Waals surface area contributed by atoms with Crippen molar-refractivity contribution in [1.29, 1.82) is 0 Å². The lowest BCUT2D eigenvalue weighted by Gasteiger charge is -2.31. The number of allylic oxidation sites excluding steroid dienone is 1. The first-order valence-corrected chi connectivity index (χ1v) is 5.92. The van der Waals surface area contributed by atoms with Gasteiger partial charge in [0, 0.05) is 12.5 Å². The quantitative estimate of drug-likeness (QED) is 0.776. The summed E-state index contributed by atoms with van der Waals surface area (Å²) in [7, 11) is 0. The molecule has 0 saturated carbocycles. The molecule has 0 amide bonds. The second-order valence-corrected chi connectivity index (χ2v) is 4.36. The van der Waals surface area contributed by atoms with Crippen LogP contribution in [0.2, 0.25) is 0 Å². The van der Waals surface area contributed by atoms with Gasteiger partial charge in [0.25, 0.3) is 0 Å². The average molecular weight is 234 g/mol. The maximum absolute atomic E-state index is 9.83. The van der Waals surface area contributed by atoms with Crippen molar-refractivity contribution < 1.29 is 14.9 Å². The molecule has 0 fully saturated rings. The van der Waals surface area contributed by atoms with Crippen LogP contribution in [0.3, 0.4) is 0 Å². The molecule has 3 atom stereocenters. The largest absolute Gasteiger partial charge is 0.396 e. The van der Waals surface area contributed by atoms with Crippen molar-refractivity contribution in [2.24, 2.45) is 5.92 Å². The van der Waals surface area contributed by atoms with Crippen LogP contribution in [0.25, 0.3) is 0 Å². The molecule has 0 heterocycles. The molecule has 1 aromatic rings. The van der Waals surface area contributed by atoms with Crippen LogP contribution in [-0.2, 0) is 11.3 Å². The molecule has 1 aliphatic carbocycles. The van der Waals surface area contributed by atoms with Crippen molar-refractivity contribution in [3.63, 3.8) is 0 Å². The smallest absolute Gasteiger partial charge is 0.0986 e. The highest BCUT2D eigenvalue weighted by atomic mass is 16.5. The van der Waals surface area contributed by atoms with Crippen LogP contribution >= 0.6 is 0 Å². The maximum Gasteiger partial charge on any atom is 0.0986 e. The summed E-state index contributed by atoms with van der Waals surface area (Å²) < 4.78 is 5.72. The summed E-state index contributed by atoms with van der Waals surface area (Å²) >= 11 is 0. The molecule has 1 aromatic carbocycles. The second kappa shape index (κ2) is 5.96. The topological polar surface area (TPSA) is 49.7 Å². The molecule has 0 saturated heterocycles. The lowest BCUT2D eigenvalue weighted by atomic mass is 9.90. The van der Waals surface area contributed by atoms with Crippen LogP contribution in [0.15, 0.2) is 42.5 Å². The lowest BCUT2D eigenvalue weighted by molar-refractivity contribution is -0.0745. The van der Waals surface area contributed by atoms with Gasteiger partial charge in [-0.05, 0) is 12.0 Å². The fourth-order valence-electron chi connectivity index (χ4n) is 2.10. The second-order valence-electron chi connectivity index (χ2n) is 4.36. The summed E-state index contributed by atoms with van der Waals surface area (Å²) in [6.07, 6.45) is 3.46. The zero-order valence-electron chi connectivity index (χ0n) is 9.70. The average Bonchev–Trinajstić information content (AvgIpc) is 2.38. The fraction of sp³-hybridized carbons (Fsp3) is 0.429. The standard InChI is InChI=1S/C14H18O3/c15-9-12-7-4-8-13(16)14(12)17-10-11-5-2-1-3-6-11/h1-6,8,12-16H,7,9-10H2/t12-,13?,14+/m1/s1. The van der Waals surface area contributed by atoms with E-state index in [9.17, 15) is 10.2 Å². The van der Waals surface area contributed by atoms with E-state index >= 15 is 0 Å². The van der Waals surface area contributed by atoms with Gasteiger partial charge in [-0.3, -0.25) is 0 Å². The normalized spacial score (nSPS) is 28.2. The van der Waals surface area contributed by atoms with Crippen molar-refractivity contribution in [3.05, 3.63) is 48.0 Å². The minimum Gasteiger partial charge on any atom is -0.396 e. The van der Waals surface area contributed by atoms with Gasteiger partial charge in [0.15, 0.2) is 0 Å². The number of benzene rings is 1. The third kappa shape index (κ3) is 3.16. The molecule has 0 bridgehead atoms. The first-order valence-electron chi connectivity index (χ1n) is 5.92. The first-order chi connectivity index (χ1) is 8.31. The molecule has 2 N–H and O–H groups in total. The summed E-state index contributed by atoms with van der Waals surface area (Å²) in [5, 5.41) is 19.1. The Balaban J connectivity index is 1.95. The van der Waals surface area contributed by atoms with E-state index in [1.807, 2.05) is 36.4 Å². The minimum atomic E-state index is -0.621. The summed E-state index contributed by atoms with van der Waals surface area (Å²) in [6, 6.07) is 9.84. The predicted molar refractivity (Wildman–Crippen MR) is 65.4 cm³/mol. The highest BCUT2D eigenvalue weighted by Crippen LogP contribution is 2.23. The SMILES string of the molecule is OC[C@H]1CC=CC(O)[C@H]1OCc1ccccc1. The highest BCUT2D eigenvalue weighted by molar-refractivity contribution is 5.13. The number of rotatable bonds is 4. The molecule has 1 aliphatic rings. The number of hydrogen-bond acceptors (Lipinski definition) is 3. The highest BCUT2D eigenvalue weighted by Gasteiger charge is 2.29. The van der Waals surface area contributed by atoms with Crippen molar-refractivity contribution in [3.8, 4) is 0 Å². The van der Waals surface area contributed by atoms with Crippen LogP contribution in [-0.4, -0.2) is 29.0 Å². The summed E-state index contributed by atoms with van der Waals surface area (Å²) in [4.78, 5) is 0. The molecule has 0 aliphatic heterocycles. The number of ether oxygens (including phenoxy) is 1. The number of aliphatic hydroxyl groups is 2. The molecule has 17 heavy (non-hydrogen) atoms. The predicted octanol–water partition coefficient (Wildman–Crippen LogP) is 1.50. The van der Waals surface area contributed by atoms with Gasteiger partial charge in [-0.15, -0.1) is 0 Å². The van der Waals surface area contributed by atoms with Crippen LogP contribution < -0.4 is 0 Å². The third-order valence-electron chi connectivity index (χ3n) is 3.09. The molecule has 2 rings (SSSR count). The van der Waals surface area contributed by atoms with Gasteiger partial charge in [0.2, 0.25) is 0 Å². The van der Waals surface area contributed by atoms with Crippen LogP contribution in [0.5, 0.6) is 0 Å². The van der Waals surface area contributed by atoms with E-state index in [4.69, 9.17) is 4.74 Å². The van der Waals surface area contributed by atoms with E-state index in [-0.39, 0.29) is 18.6 Å². The van der Waals surface area contributed by atoms with Gasteiger partial charge in [0.05, 0.1) is 18.8 Å². The van der Waals surface area contributed by atoms with Crippen molar-refractivity contribution in [2.45, 2.75) is 25.2 Å². The van der Waals surface area contributed by atoms with Crippen molar-refractivity contribution in [2.75, 3.05) is 6.61 Å². The van der Waals surface area contributed by atoms with Gasteiger partial charge in [-0.2, -0.15) is 0 Å². The molecule has 1 unspecified atom stereocenters. The Bertz CT molecular complexity index is 361. The maximum atomic E-state index is 9.83. The molecule has 0 aromatic heterocycles. The summed E-state index contributed by atoms with van der Waals surface area (Å²) in [6.45, 7) is 0.508. The van der Waals surface area contributed by atoms with Crippen LogP contribution in [0.1, 0.15) is 12.0 Å².